The van der Waals surface area contributed by atoms with Crippen LogP contribution in [-0.4, -0.2) is 5.71 Å². The minimum absolute atomic E-state index is 0.0756. The molecule has 0 atom stereocenters. The Kier molecular flexibility index (Phi) is 5.42. The van der Waals surface area contributed by atoms with Crippen molar-refractivity contribution in [2.75, 3.05) is 0 Å². The van der Waals surface area contributed by atoms with Crippen molar-refractivity contribution >= 4 is 17.3 Å². The molecule has 0 unspecified atom stereocenters. The maximum atomic E-state index is 13.4. The van der Waals surface area contributed by atoms with Crippen LogP contribution in [-0.2, 0) is 6.18 Å². The Bertz CT molecular complexity index is 777. The molecule has 0 aliphatic heterocycles. The lowest BCUT2D eigenvalue weighted by Gasteiger charge is -2.24. The number of rotatable bonds is 3. The van der Waals surface area contributed by atoms with Gasteiger partial charge in [-0.05, 0) is 42.5 Å². The minimum atomic E-state index is -4.57. The summed E-state index contributed by atoms with van der Waals surface area (Å²) in [4.78, 5) is 5.22. The topological polar surface area (TPSA) is 21.6 Å². The third kappa shape index (κ3) is 4.95. The molecule has 0 fully saturated rings. The van der Waals surface area contributed by atoms with Gasteiger partial charge in [0.2, 0.25) is 0 Å². The highest BCUT2D eigenvalue weighted by Crippen LogP contribution is 2.36. The van der Waals surface area contributed by atoms with E-state index in [-0.39, 0.29) is 22.0 Å². The average molecular weight is 374 g/mol. The Morgan fingerprint density at radius 3 is 2.12 bits per heavy atom. The van der Waals surface area contributed by atoms with Crippen molar-refractivity contribution < 1.29 is 22.4 Å². The number of hydrogen-bond donors (Lipinski definition) is 0. The summed E-state index contributed by atoms with van der Waals surface area (Å²) < 4.78 is 53.0. The number of nitrogens with zero attached hydrogens (tertiary/aromatic N) is 1. The SMILES string of the molecule is CC(C)(C)C(=NOc1ccc(F)cc1)c1cc(Cl)ccc1C(F)(F)F. The highest BCUT2D eigenvalue weighted by atomic mass is 35.5. The molecule has 0 heterocycles. The van der Waals surface area contributed by atoms with E-state index in [2.05, 4.69) is 5.16 Å². The average Bonchev–Trinajstić information content (AvgIpc) is 2.47. The molecule has 0 saturated heterocycles. The van der Waals surface area contributed by atoms with E-state index in [0.29, 0.717) is 0 Å². The van der Waals surface area contributed by atoms with Crippen LogP contribution in [0.3, 0.4) is 0 Å². The number of oxime groups is 1. The molecule has 0 spiro atoms. The number of halogens is 5. The Labute approximate surface area is 148 Å². The van der Waals surface area contributed by atoms with Crippen molar-refractivity contribution in [3.05, 3.63) is 64.4 Å². The number of hydrogen-bond acceptors (Lipinski definition) is 2. The summed E-state index contributed by atoms with van der Waals surface area (Å²) in [6.45, 7) is 5.13. The molecular weight excluding hydrogens is 358 g/mol. The monoisotopic (exact) mass is 373 g/mol. The van der Waals surface area contributed by atoms with Crippen LogP contribution in [0.5, 0.6) is 5.75 Å². The van der Waals surface area contributed by atoms with Crippen LogP contribution < -0.4 is 4.84 Å². The van der Waals surface area contributed by atoms with Crippen molar-refractivity contribution in [1.82, 2.24) is 0 Å². The van der Waals surface area contributed by atoms with Gasteiger partial charge in [-0.15, -0.1) is 0 Å². The molecule has 0 radical (unpaired) electrons. The Hall–Kier alpha value is -2.08. The second-order valence-corrected chi connectivity index (χ2v) is 6.86. The maximum absolute atomic E-state index is 13.4. The molecule has 0 bridgehead atoms. The van der Waals surface area contributed by atoms with Gasteiger partial charge < -0.3 is 4.84 Å². The van der Waals surface area contributed by atoms with E-state index in [0.717, 1.165) is 6.07 Å². The molecule has 0 aliphatic rings. The molecule has 134 valence electrons. The highest BCUT2D eigenvalue weighted by molar-refractivity contribution is 6.31. The van der Waals surface area contributed by atoms with Gasteiger partial charge in [0.1, 0.15) is 5.82 Å². The van der Waals surface area contributed by atoms with Crippen LogP contribution in [0.4, 0.5) is 17.6 Å². The van der Waals surface area contributed by atoms with Crippen LogP contribution >= 0.6 is 11.6 Å². The van der Waals surface area contributed by atoms with E-state index in [4.69, 9.17) is 16.4 Å². The van der Waals surface area contributed by atoms with Gasteiger partial charge in [0.05, 0.1) is 11.3 Å². The van der Waals surface area contributed by atoms with Gasteiger partial charge in [0, 0.05) is 16.0 Å². The third-order valence-corrected chi connectivity index (χ3v) is 3.54. The zero-order chi connectivity index (χ0) is 18.8. The van der Waals surface area contributed by atoms with Crippen LogP contribution in [0.15, 0.2) is 47.6 Å². The summed E-state index contributed by atoms with van der Waals surface area (Å²) in [6.07, 6.45) is -4.57. The van der Waals surface area contributed by atoms with Gasteiger partial charge in [0.15, 0.2) is 5.75 Å². The normalized spacial score (nSPS) is 13.0. The Morgan fingerprint density at radius 1 is 1.00 bits per heavy atom. The van der Waals surface area contributed by atoms with Gasteiger partial charge in [0.25, 0.3) is 0 Å². The first kappa shape index (κ1) is 19.2. The second-order valence-electron chi connectivity index (χ2n) is 6.42. The van der Waals surface area contributed by atoms with Crippen LogP contribution in [0, 0.1) is 11.2 Å². The molecule has 25 heavy (non-hydrogen) atoms. The first-order valence-corrected chi connectivity index (χ1v) is 7.74. The standard InChI is InChI=1S/C18H16ClF4NO/c1-17(2,3)16(24-25-13-7-5-12(20)6-8-13)14-10-11(19)4-9-15(14)18(21,22)23/h4-10H,1-3H3. The summed E-state index contributed by atoms with van der Waals surface area (Å²) >= 11 is 5.89. The van der Waals surface area contributed by atoms with E-state index in [1.165, 1.54) is 36.4 Å². The van der Waals surface area contributed by atoms with Crippen molar-refractivity contribution in [2.24, 2.45) is 10.6 Å². The molecule has 0 N–H and O–H groups in total. The summed E-state index contributed by atoms with van der Waals surface area (Å²) in [5, 5.41) is 4.07. The molecule has 2 nitrogen and oxygen atoms in total. The molecule has 2 rings (SSSR count). The molecule has 7 heteroatoms. The van der Waals surface area contributed by atoms with Crippen molar-refractivity contribution in [3.8, 4) is 5.75 Å². The first-order valence-electron chi connectivity index (χ1n) is 7.36. The lowest BCUT2D eigenvalue weighted by Crippen LogP contribution is -2.26. The van der Waals surface area contributed by atoms with Gasteiger partial charge in [-0.3, -0.25) is 0 Å². The third-order valence-electron chi connectivity index (χ3n) is 3.31. The van der Waals surface area contributed by atoms with E-state index in [9.17, 15) is 17.6 Å². The fourth-order valence-electron chi connectivity index (χ4n) is 2.14. The lowest BCUT2D eigenvalue weighted by atomic mass is 9.83. The van der Waals surface area contributed by atoms with E-state index in [1.807, 2.05) is 0 Å². The fourth-order valence-corrected chi connectivity index (χ4v) is 2.32. The highest BCUT2D eigenvalue weighted by Gasteiger charge is 2.37. The summed E-state index contributed by atoms with van der Waals surface area (Å²) in [7, 11) is 0. The predicted molar refractivity (Wildman–Crippen MR) is 89.5 cm³/mol. The Balaban J connectivity index is 2.54. The fraction of sp³-hybridized carbons (Fsp3) is 0.278. The van der Waals surface area contributed by atoms with E-state index in [1.54, 1.807) is 20.8 Å². The van der Waals surface area contributed by atoms with Crippen LogP contribution in [0.25, 0.3) is 0 Å². The smallest absolute Gasteiger partial charge is 0.357 e. The minimum Gasteiger partial charge on any atom is -0.357 e. The second kappa shape index (κ2) is 7.04. The molecule has 0 saturated carbocycles. The van der Waals surface area contributed by atoms with Crippen LogP contribution in [0.2, 0.25) is 5.02 Å². The molecule has 0 amide bonds. The zero-order valence-corrected chi connectivity index (χ0v) is 14.5. The number of benzene rings is 2. The van der Waals surface area contributed by atoms with Gasteiger partial charge in [-0.2, -0.15) is 13.2 Å². The first-order chi connectivity index (χ1) is 11.5. The molecule has 2 aromatic carbocycles. The van der Waals surface area contributed by atoms with Crippen molar-refractivity contribution in [2.45, 2.75) is 26.9 Å². The largest absolute Gasteiger partial charge is 0.417 e. The van der Waals surface area contributed by atoms with E-state index < -0.39 is 23.0 Å². The van der Waals surface area contributed by atoms with Crippen LogP contribution in [0.1, 0.15) is 31.9 Å². The number of alkyl halides is 3. The van der Waals surface area contributed by atoms with Crippen molar-refractivity contribution in [3.63, 3.8) is 0 Å². The Morgan fingerprint density at radius 2 is 1.60 bits per heavy atom. The van der Waals surface area contributed by atoms with E-state index >= 15 is 0 Å². The summed E-state index contributed by atoms with van der Waals surface area (Å²) in [6, 6.07) is 8.31. The lowest BCUT2D eigenvalue weighted by molar-refractivity contribution is -0.137. The van der Waals surface area contributed by atoms with Gasteiger partial charge >= 0.3 is 6.18 Å². The summed E-state index contributed by atoms with van der Waals surface area (Å²) in [5.41, 5.74) is -1.69. The van der Waals surface area contributed by atoms with Crippen molar-refractivity contribution in [1.29, 1.82) is 0 Å². The predicted octanol–water partition coefficient (Wildman–Crippen LogP) is 6.33. The molecular formula is C18H16ClF4NO. The molecule has 0 aliphatic carbocycles. The van der Waals surface area contributed by atoms with Gasteiger partial charge in [-0.25, -0.2) is 4.39 Å². The molecule has 0 aromatic heterocycles. The van der Waals surface area contributed by atoms with Gasteiger partial charge in [-0.1, -0.05) is 37.5 Å². The maximum Gasteiger partial charge on any atom is 0.417 e. The molecule has 2 aromatic rings. The quantitative estimate of drug-likeness (QED) is 0.350. The summed E-state index contributed by atoms with van der Waals surface area (Å²) in [5.74, 6) is -0.250. The zero-order valence-electron chi connectivity index (χ0n) is 13.8.